The van der Waals surface area contributed by atoms with Crippen LogP contribution in [-0.2, 0) is 11.3 Å². The van der Waals surface area contributed by atoms with Gasteiger partial charge in [0.25, 0.3) is 5.56 Å². The number of hydrogen-bond acceptors (Lipinski definition) is 6. The Bertz CT molecular complexity index is 941. The third-order valence-corrected chi connectivity index (χ3v) is 4.53. The molecule has 0 aromatic carbocycles. The van der Waals surface area contributed by atoms with Crippen LogP contribution in [0.1, 0.15) is 31.3 Å². The van der Waals surface area contributed by atoms with Crippen molar-refractivity contribution >= 4 is 11.7 Å². The fourth-order valence-electron chi connectivity index (χ4n) is 2.99. The van der Waals surface area contributed by atoms with E-state index in [1.54, 1.807) is 4.90 Å². The summed E-state index contributed by atoms with van der Waals surface area (Å²) in [5.41, 5.74) is -0.120. The lowest BCUT2D eigenvalue weighted by molar-refractivity contribution is -0.132. The number of anilines is 1. The Hall–Kier alpha value is -2.97. The van der Waals surface area contributed by atoms with Gasteiger partial charge in [0.15, 0.2) is 0 Å². The average molecular weight is 372 g/mol. The normalized spacial score (nSPS) is 14.7. The Morgan fingerprint density at radius 1 is 1.19 bits per heavy atom. The van der Waals surface area contributed by atoms with Crippen LogP contribution in [-0.4, -0.2) is 56.5 Å². The summed E-state index contributed by atoms with van der Waals surface area (Å²) in [6.07, 6.45) is 1.34. The number of hydrogen-bond donors (Lipinski definition) is 1. The van der Waals surface area contributed by atoms with Crippen molar-refractivity contribution in [3.8, 4) is 0 Å². The van der Waals surface area contributed by atoms with Gasteiger partial charge in [0.1, 0.15) is 18.2 Å². The summed E-state index contributed by atoms with van der Waals surface area (Å²) in [5.74, 6) is 1.81. The maximum atomic E-state index is 12.5. The second-order valence-electron chi connectivity index (χ2n) is 6.99. The molecule has 2 aromatic rings. The highest BCUT2D eigenvalue weighted by atomic mass is 16.2. The van der Waals surface area contributed by atoms with Crippen LogP contribution >= 0.6 is 0 Å². The Labute approximate surface area is 156 Å². The van der Waals surface area contributed by atoms with Gasteiger partial charge < -0.3 is 9.80 Å². The number of piperazine rings is 1. The number of nitrogens with one attached hydrogen (secondary N) is 1. The van der Waals surface area contributed by atoms with Gasteiger partial charge in [0, 0.05) is 56.1 Å². The minimum Gasteiger partial charge on any atom is -0.353 e. The molecule has 0 radical (unpaired) electrons. The summed E-state index contributed by atoms with van der Waals surface area (Å²) >= 11 is 0. The number of aromatic nitrogens is 4. The number of nitrogens with zero attached hydrogens (tertiary/aromatic N) is 5. The minimum atomic E-state index is -0.577. The second kappa shape index (κ2) is 7.73. The Kier molecular flexibility index (Phi) is 5.38. The van der Waals surface area contributed by atoms with E-state index in [1.165, 1.54) is 16.8 Å². The predicted octanol–water partition coefficient (Wildman–Crippen LogP) is 0.107. The molecule has 0 bridgehead atoms. The van der Waals surface area contributed by atoms with Crippen molar-refractivity contribution in [2.45, 2.75) is 33.2 Å². The van der Waals surface area contributed by atoms with Crippen molar-refractivity contribution < 1.29 is 4.79 Å². The highest BCUT2D eigenvalue weighted by molar-refractivity contribution is 5.76. The maximum absolute atomic E-state index is 12.5. The fraction of sp³-hybridized carbons (Fsp3) is 0.500. The molecule has 9 nitrogen and oxygen atoms in total. The molecular formula is C18H24N6O3. The second-order valence-corrected chi connectivity index (χ2v) is 6.99. The molecule has 1 aliphatic heterocycles. The van der Waals surface area contributed by atoms with Crippen molar-refractivity contribution in [2.24, 2.45) is 0 Å². The van der Waals surface area contributed by atoms with Crippen molar-refractivity contribution in [1.29, 1.82) is 0 Å². The molecule has 1 saturated heterocycles. The molecule has 0 spiro atoms. The molecule has 3 heterocycles. The van der Waals surface area contributed by atoms with Crippen LogP contribution in [0.4, 0.5) is 5.82 Å². The van der Waals surface area contributed by atoms with Gasteiger partial charge in [-0.25, -0.2) is 14.8 Å². The van der Waals surface area contributed by atoms with Crippen LogP contribution in [0.5, 0.6) is 0 Å². The SMILES string of the molecule is Cc1cc(N2CCN(C(=O)Cn3ccc(=O)[nH]c3=O)CC2)nc(C(C)C)n1. The van der Waals surface area contributed by atoms with Gasteiger partial charge in [-0.15, -0.1) is 0 Å². The number of aromatic amines is 1. The number of H-pyrrole nitrogens is 1. The van der Waals surface area contributed by atoms with Gasteiger partial charge in [0.2, 0.25) is 5.91 Å². The Morgan fingerprint density at radius 3 is 2.52 bits per heavy atom. The number of amides is 1. The lowest BCUT2D eigenvalue weighted by atomic mass is 10.2. The van der Waals surface area contributed by atoms with Gasteiger partial charge in [-0.05, 0) is 6.92 Å². The van der Waals surface area contributed by atoms with Crippen LogP contribution in [0.2, 0.25) is 0 Å². The molecular weight excluding hydrogens is 348 g/mol. The first-order valence-corrected chi connectivity index (χ1v) is 9.01. The van der Waals surface area contributed by atoms with Crippen molar-refractivity contribution in [3.05, 3.63) is 50.7 Å². The quantitative estimate of drug-likeness (QED) is 0.817. The lowest BCUT2D eigenvalue weighted by Crippen LogP contribution is -2.50. The zero-order valence-electron chi connectivity index (χ0n) is 15.8. The number of carbonyl (C=O) groups excluding carboxylic acids is 1. The Morgan fingerprint density at radius 2 is 1.89 bits per heavy atom. The highest BCUT2D eigenvalue weighted by Crippen LogP contribution is 2.18. The van der Waals surface area contributed by atoms with Crippen LogP contribution in [0.3, 0.4) is 0 Å². The minimum absolute atomic E-state index is 0.0836. The third-order valence-electron chi connectivity index (χ3n) is 4.53. The van der Waals surface area contributed by atoms with E-state index in [0.717, 1.165) is 17.3 Å². The maximum Gasteiger partial charge on any atom is 0.328 e. The molecule has 0 unspecified atom stereocenters. The molecule has 0 atom stereocenters. The van der Waals surface area contributed by atoms with E-state index in [2.05, 4.69) is 33.7 Å². The molecule has 0 aliphatic carbocycles. The first kappa shape index (κ1) is 18.8. The molecule has 144 valence electrons. The topological polar surface area (TPSA) is 104 Å². The first-order chi connectivity index (χ1) is 12.8. The molecule has 3 rings (SSSR count). The predicted molar refractivity (Wildman–Crippen MR) is 101 cm³/mol. The van der Waals surface area contributed by atoms with E-state index in [4.69, 9.17) is 0 Å². The standard InChI is InChI=1S/C18H24N6O3/c1-12(2)17-19-13(3)10-14(20-17)22-6-8-23(9-7-22)16(26)11-24-5-4-15(25)21-18(24)27/h4-5,10,12H,6-9,11H2,1-3H3,(H,21,25,27). The third kappa shape index (κ3) is 4.42. The Balaban J connectivity index is 1.64. The van der Waals surface area contributed by atoms with E-state index in [1.807, 2.05) is 13.0 Å². The lowest BCUT2D eigenvalue weighted by Gasteiger charge is -2.35. The first-order valence-electron chi connectivity index (χ1n) is 9.01. The smallest absolute Gasteiger partial charge is 0.328 e. The van der Waals surface area contributed by atoms with E-state index in [-0.39, 0.29) is 18.4 Å². The molecule has 1 aliphatic rings. The molecule has 0 saturated carbocycles. The number of aryl methyl sites for hydroxylation is 1. The highest BCUT2D eigenvalue weighted by Gasteiger charge is 2.23. The largest absolute Gasteiger partial charge is 0.353 e. The summed E-state index contributed by atoms with van der Waals surface area (Å²) in [4.78, 5) is 50.5. The fourth-order valence-corrected chi connectivity index (χ4v) is 2.99. The van der Waals surface area contributed by atoms with Crippen molar-refractivity contribution in [2.75, 3.05) is 31.1 Å². The number of rotatable bonds is 4. The summed E-state index contributed by atoms with van der Waals surface area (Å²) in [7, 11) is 0. The molecule has 2 aromatic heterocycles. The van der Waals surface area contributed by atoms with Crippen molar-refractivity contribution in [1.82, 2.24) is 24.4 Å². The molecule has 27 heavy (non-hydrogen) atoms. The van der Waals surface area contributed by atoms with E-state index in [0.29, 0.717) is 26.2 Å². The molecule has 1 fully saturated rings. The average Bonchev–Trinajstić information content (AvgIpc) is 2.63. The van der Waals surface area contributed by atoms with Crippen LogP contribution in [0, 0.1) is 6.92 Å². The summed E-state index contributed by atoms with van der Waals surface area (Å²) in [5, 5.41) is 0. The van der Waals surface area contributed by atoms with Crippen LogP contribution < -0.4 is 16.1 Å². The van der Waals surface area contributed by atoms with Gasteiger partial charge in [-0.3, -0.25) is 19.1 Å². The van der Waals surface area contributed by atoms with Gasteiger partial charge in [0.05, 0.1) is 0 Å². The molecule has 1 N–H and O–H groups in total. The van der Waals surface area contributed by atoms with Gasteiger partial charge in [-0.2, -0.15) is 0 Å². The van der Waals surface area contributed by atoms with Gasteiger partial charge in [-0.1, -0.05) is 13.8 Å². The van der Waals surface area contributed by atoms with E-state index >= 15 is 0 Å². The van der Waals surface area contributed by atoms with Gasteiger partial charge >= 0.3 is 5.69 Å². The summed E-state index contributed by atoms with van der Waals surface area (Å²) in [6.45, 7) is 8.44. The summed E-state index contributed by atoms with van der Waals surface area (Å²) < 4.78 is 1.21. The van der Waals surface area contributed by atoms with Crippen LogP contribution in [0.15, 0.2) is 27.9 Å². The summed E-state index contributed by atoms with van der Waals surface area (Å²) in [6, 6.07) is 3.19. The van der Waals surface area contributed by atoms with E-state index < -0.39 is 11.2 Å². The zero-order valence-corrected chi connectivity index (χ0v) is 15.8. The molecule has 9 heteroatoms. The zero-order chi connectivity index (χ0) is 19.6. The monoisotopic (exact) mass is 372 g/mol. The molecule has 1 amide bonds. The van der Waals surface area contributed by atoms with E-state index in [9.17, 15) is 14.4 Å². The van der Waals surface area contributed by atoms with Crippen molar-refractivity contribution in [3.63, 3.8) is 0 Å². The number of carbonyl (C=O) groups is 1. The van der Waals surface area contributed by atoms with Crippen LogP contribution in [0.25, 0.3) is 0 Å².